The van der Waals surface area contributed by atoms with Gasteiger partial charge in [-0.1, -0.05) is 17.7 Å². The number of anilines is 2. The molecule has 23 heavy (non-hydrogen) atoms. The van der Waals surface area contributed by atoms with Crippen LogP contribution in [0.25, 0.3) is 0 Å². The minimum Gasteiger partial charge on any atom is -0.325 e. The van der Waals surface area contributed by atoms with Crippen molar-refractivity contribution in [3.8, 4) is 0 Å². The molecule has 1 saturated heterocycles. The van der Waals surface area contributed by atoms with E-state index in [1.54, 1.807) is 12.1 Å². The van der Waals surface area contributed by atoms with Crippen LogP contribution < -0.4 is 10.2 Å². The van der Waals surface area contributed by atoms with Crippen LogP contribution >= 0.6 is 0 Å². The number of rotatable bonds is 3. The first kappa shape index (κ1) is 15.2. The molecule has 0 spiro atoms. The first-order valence-corrected chi connectivity index (χ1v) is 7.49. The molecule has 1 N–H and O–H groups in total. The van der Waals surface area contributed by atoms with Gasteiger partial charge in [-0.05, 0) is 49.7 Å². The van der Waals surface area contributed by atoms with Crippen LogP contribution in [-0.4, -0.2) is 18.4 Å². The molecule has 1 fully saturated rings. The van der Waals surface area contributed by atoms with Gasteiger partial charge in [0.05, 0.1) is 0 Å². The lowest BCUT2D eigenvalue weighted by Gasteiger charge is -2.16. The number of benzene rings is 2. The molecule has 0 aliphatic carbocycles. The third-order valence-corrected chi connectivity index (χ3v) is 3.98. The number of halogens is 1. The van der Waals surface area contributed by atoms with Crippen molar-refractivity contribution in [2.24, 2.45) is 5.92 Å². The molecule has 1 heterocycles. The summed E-state index contributed by atoms with van der Waals surface area (Å²) in [5.74, 6) is -1.61. The number of carbonyl (C=O) groups is 2. The monoisotopic (exact) mass is 312 g/mol. The highest BCUT2D eigenvalue weighted by atomic mass is 19.1. The normalized spacial score (nSPS) is 17.4. The summed E-state index contributed by atoms with van der Waals surface area (Å²) in [7, 11) is 0. The van der Waals surface area contributed by atoms with Crippen molar-refractivity contribution < 1.29 is 14.0 Å². The molecule has 1 aliphatic rings. The van der Waals surface area contributed by atoms with Gasteiger partial charge < -0.3 is 10.2 Å². The van der Waals surface area contributed by atoms with Crippen molar-refractivity contribution in [3.05, 3.63) is 59.9 Å². The Morgan fingerprint density at radius 1 is 1.13 bits per heavy atom. The van der Waals surface area contributed by atoms with E-state index < -0.39 is 5.92 Å². The van der Waals surface area contributed by atoms with Crippen molar-refractivity contribution in [1.82, 2.24) is 0 Å². The van der Waals surface area contributed by atoms with E-state index in [2.05, 4.69) is 5.32 Å². The molecule has 5 heteroatoms. The summed E-state index contributed by atoms with van der Waals surface area (Å²) in [4.78, 5) is 26.3. The summed E-state index contributed by atoms with van der Waals surface area (Å²) < 4.78 is 13.0. The number of hydrogen-bond acceptors (Lipinski definition) is 2. The molecule has 0 saturated carbocycles. The highest BCUT2D eigenvalue weighted by Gasteiger charge is 2.37. The quantitative estimate of drug-likeness (QED) is 0.885. The van der Waals surface area contributed by atoms with Crippen LogP contribution in [-0.2, 0) is 9.59 Å². The number of nitrogens with zero attached hydrogens (tertiary/aromatic N) is 1. The number of carbonyl (C=O) groups excluding carboxylic acids is 2. The summed E-state index contributed by atoms with van der Waals surface area (Å²) in [6, 6.07) is 13.1. The van der Waals surface area contributed by atoms with Gasteiger partial charge in [0, 0.05) is 17.9 Å². The van der Waals surface area contributed by atoms with Gasteiger partial charge in [0.1, 0.15) is 11.7 Å². The Morgan fingerprint density at radius 2 is 1.78 bits per heavy atom. The molecule has 3 rings (SSSR count). The molecule has 0 bridgehead atoms. The van der Waals surface area contributed by atoms with Gasteiger partial charge >= 0.3 is 0 Å². The van der Waals surface area contributed by atoms with Gasteiger partial charge in [0.15, 0.2) is 0 Å². The van der Waals surface area contributed by atoms with E-state index in [1.165, 1.54) is 17.0 Å². The molecule has 0 aromatic heterocycles. The molecule has 2 aromatic carbocycles. The van der Waals surface area contributed by atoms with E-state index in [1.807, 2.05) is 31.2 Å². The van der Waals surface area contributed by atoms with Gasteiger partial charge in [0.2, 0.25) is 11.8 Å². The zero-order valence-corrected chi connectivity index (χ0v) is 12.8. The molecular weight excluding hydrogens is 295 g/mol. The lowest BCUT2D eigenvalue weighted by atomic mass is 10.1. The second kappa shape index (κ2) is 6.20. The maximum Gasteiger partial charge on any atom is 0.239 e. The molecule has 2 amide bonds. The highest BCUT2D eigenvalue weighted by molar-refractivity contribution is 6.13. The van der Waals surface area contributed by atoms with Crippen molar-refractivity contribution in [3.63, 3.8) is 0 Å². The Kier molecular flexibility index (Phi) is 4.10. The van der Waals surface area contributed by atoms with E-state index in [-0.39, 0.29) is 17.6 Å². The van der Waals surface area contributed by atoms with Gasteiger partial charge in [-0.15, -0.1) is 0 Å². The minimum atomic E-state index is -0.707. The Morgan fingerprint density at radius 3 is 2.43 bits per heavy atom. The molecule has 2 aromatic rings. The Hall–Kier alpha value is -2.69. The number of aryl methyl sites for hydroxylation is 1. The van der Waals surface area contributed by atoms with Gasteiger partial charge in [-0.2, -0.15) is 0 Å². The highest BCUT2D eigenvalue weighted by Crippen LogP contribution is 2.26. The second-order valence-corrected chi connectivity index (χ2v) is 5.66. The summed E-state index contributed by atoms with van der Waals surface area (Å²) in [5, 5.41) is 2.78. The molecule has 0 radical (unpaired) electrons. The van der Waals surface area contributed by atoms with Gasteiger partial charge in [0.25, 0.3) is 0 Å². The molecule has 1 aliphatic heterocycles. The van der Waals surface area contributed by atoms with Crippen LogP contribution in [0.1, 0.15) is 12.0 Å². The van der Waals surface area contributed by atoms with E-state index in [4.69, 9.17) is 0 Å². The summed E-state index contributed by atoms with van der Waals surface area (Å²) in [6.07, 6.45) is 0.452. The Labute approximate surface area is 133 Å². The van der Waals surface area contributed by atoms with Crippen molar-refractivity contribution in [1.29, 1.82) is 0 Å². The fraction of sp³-hybridized carbons (Fsp3) is 0.222. The van der Waals surface area contributed by atoms with Crippen LogP contribution in [0, 0.1) is 18.7 Å². The second-order valence-electron chi connectivity index (χ2n) is 5.66. The zero-order valence-electron chi connectivity index (χ0n) is 12.8. The lowest BCUT2D eigenvalue weighted by Crippen LogP contribution is -2.33. The van der Waals surface area contributed by atoms with E-state index in [0.717, 1.165) is 5.56 Å². The van der Waals surface area contributed by atoms with Gasteiger partial charge in [-0.3, -0.25) is 9.59 Å². The lowest BCUT2D eigenvalue weighted by molar-refractivity contribution is -0.129. The van der Waals surface area contributed by atoms with Crippen LogP contribution in [0.2, 0.25) is 0 Å². The fourth-order valence-electron chi connectivity index (χ4n) is 2.67. The van der Waals surface area contributed by atoms with Crippen molar-refractivity contribution in [2.45, 2.75) is 13.3 Å². The van der Waals surface area contributed by atoms with Crippen LogP contribution in [0.4, 0.5) is 15.8 Å². The van der Waals surface area contributed by atoms with E-state index in [0.29, 0.717) is 24.3 Å². The Bertz CT molecular complexity index is 726. The molecule has 1 atom stereocenters. The number of hydrogen-bond donors (Lipinski definition) is 1. The van der Waals surface area contributed by atoms with E-state index >= 15 is 0 Å². The minimum absolute atomic E-state index is 0.249. The predicted molar refractivity (Wildman–Crippen MR) is 86.7 cm³/mol. The molecule has 118 valence electrons. The smallest absolute Gasteiger partial charge is 0.239 e. The average molecular weight is 312 g/mol. The topological polar surface area (TPSA) is 49.4 Å². The number of nitrogens with one attached hydrogen (secondary N) is 1. The third-order valence-electron chi connectivity index (χ3n) is 3.98. The number of amides is 2. The maximum absolute atomic E-state index is 13.0. The summed E-state index contributed by atoms with van der Waals surface area (Å²) in [5.41, 5.74) is 2.39. The summed E-state index contributed by atoms with van der Waals surface area (Å²) >= 11 is 0. The van der Waals surface area contributed by atoms with Crippen LogP contribution in [0.3, 0.4) is 0 Å². The zero-order chi connectivity index (χ0) is 16.4. The van der Waals surface area contributed by atoms with Crippen LogP contribution in [0.5, 0.6) is 0 Å². The summed E-state index contributed by atoms with van der Waals surface area (Å²) in [6.45, 7) is 2.42. The first-order chi connectivity index (χ1) is 11.0. The predicted octanol–water partition coefficient (Wildman–Crippen LogP) is 3.13. The standard InChI is InChI=1S/C18H17FN2O2/c1-12-2-6-14(7-3-12)20-17(22)16-10-11-21(18(16)23)15-8-4-13(19)5-9-15/h2-9,16H,10-11H2,1H3,(H,20,22). The average Bonchev–Trinajstić information content (AvgIpc) is 2.92. The molecule has 4 nitrogen and oxygen atoms in total. The Balaban J connectivity index is 1.69. The van der Waals surface area contributed by atoms with Crippen molar-refractivity contribution >= 4 is 23.2 Å². The first-order valence-electron chi connectivity index (χ1n) is 7.49. The van der Waals surface area contributed by atoms with Crippen LogP contribution in [0.15, 0.2) is 48.5 Å². The maximum atomic E-state index is 13.0. The largest absolute Gasteiger partial charge is 0.325 e. The fourth-order valence-corrected chi connectivity index (χ4v) is 2.67. The van der Waals surface area contributed by atoms with Crippen molar-refractivity contribution in [2.75, 3.05) is 16.8 Å². The van der Waals surface area contributed by atoms with Gasteiger partial charge in [-0.25, -0.2) is 4.39 Å². The molecular formula is C18H17FN2O2. The SMILES string of the molecule is Cc1ccc(NC(=O)C2CCN(c3ccc(F)cc3)C2=O)cc1. The third kappa shape index (κ3) is 3.23. The van der Waals surface area contributed by atoms with E-state index in [9.17, 15) is 14.0 Å². The molecule has 1 unspecified atom stereocenters.